The number of fused-ring (bicyclic) bond motifs is 4. The lowest BCUT2D eigenvalue weighted by Gasteiger charge is -2.29. The SMILES string of the molecule is [2H]C([2H])([2H])c1cc(C(C)(C)c2ccccc2)cc(C)c1-c1ccnc(-n2c3ccccc3c3ccc(Oc4cccc(N5CN(c6cc(C(C)(C)C)cc(C(C)(C)C)c6)c6ccccc65)c4)cc32)c1. The third kappa shape index (κ3) is 7.70. The monoisotopic (exact) mass is 867 g/mol. The molecule has 7 aromatic carbocycles. The maximum atomic E-state index is 8.77. The molecular weight excluding hydrogens is 805 g/mol. The van der Waals surface area contributed by atoms with Crippen LogP contribution in [0.25, 0.3) is 38.8 Å². The molecule has 0 bridgehead atoms. The summed E-state index contributed by atoms with van der Waals surface area (Å²) in [6.07, 6.45) is 1.78. The molecule has 0 N–H and O–H groups in total. The Morgan fingerprint density at radius 1 is 0.515 bits per heavy atom. The maximum Gasteiger partial charge on any atom is 0.138 e. The summed E-state index contributed by atoms with van der Waals surface area (Å²) in [4.78, 5) is 9.73. The van der Waals surface area contributed by atoms with Crippen molar-refractivity contribution in [2.75, 3.05) is 16.5 Å². The number of pyridine rings is 1. The smallest absolute Gasteiger partial charge is 0.138 e. The van der Waals surface area contributed by atoms with Crippen molar-refractivity contribution in [3.8, 4) is 28.4 Å². The fourth-order valence-corrected chi connectivity index (χ4v) is 9.65. The third-order valence-electron chi connectivity index (χ3n) is 13.5. The van der Waals surface area contributed by atoms with E-state index >= 15 is 0 Å². The summed E-state index contributed by atoms with van der Waals surface area (Å²) in [6.45, 7) is 18.3. The van der Waals surface area contributed by atoms with Crippen molar-refractivity contribution in [1.29, 1.82) is 0 Å². The zero-order valence-corrected chi connectivity index (χ0v) is 39.6. The summed E-state index contributed by atoms with van der Waals surface area (Å²) in [7, 11) is 0. The van der Waals surface area contributed by atoms with E-state index in [0.717, 1.165) is 61.2 Å². The first-order valence-corrected chi connectivity index (χ1v) is 23.0. The predicted molar refractivity (Wildman–Crippen MR) is 278 cm³/mol. The van der Waals surface area contributed by atoms with Gasteiger partial charge in [0.2, 0.25) is 0 Å². The second kappa shape index (κ2) is 16.1. The molecule has 0 fully saturated rings. The van der Waals surface area contributed by atoms with E-state index in [2.05, 4.69) is 179 Å². The Labute approximate surface area is 395 Å². The average molecular weight is 868 g/mol. The number of aryl methyl sites for hydroxylation is 2. The van der Waals surface area contributed by atoms with E-state index in [0.29, 0.717) is 29.4 Å². The molecular formula is C61H60N4O. The van der Waals surface area contributed by atoms with Gasteiger partial charge in [-0.2, -0.15) is 0 Å². The van der Waals surface area contributed by atoms with Gasteiger partial charge in [0.25, 0.3) is 0 Å². The Bertz CT molecular complexity index is 3380. The molecule has 0 saturated heterocycles. The number of para-hydroxylation sites is 3. The largest absolute Gasteiger partial charge is 0.457 e. The van der Waals surface area contributed by atoms with E-state index in [1.54, 1.807) is 6.20 Å². The Balaban J connectivity index is 1.01. The van der Waals surface area contributed by atoms with Gasteiger partial charge in [0.15, 0.2) is 0 Å². The predicted octanol–water partition coefficient (Wildman–Crippen LogP) is 16.4. The van der Waals surface area contributed by atoms with E-state index < -0.39 is 12.3 Å². The highest BCUT2D eigenvalue weighted by Crippen LogP contribution is 2.47. The quantitative estimate of drug-likeness (QED) is 0.152. The second-order valence-electron chi connectivity index (χ2n) is 20.5. The molecule has 0 saturated carbocycles. The zero-order valence-electron chi connectivity index (χ0n) is 42.6. The Kier molecular flexibility index (Phi) is 9.58. The summed E-state index contributed by atoms with van der Waals surface area (Å²) < 4.78 is 35.3. The molecule has 0 radical (unpaired) electrons. The van der Waals surface area contributed by atoms with Crippen LogP contribution in [0.2, 0.25) is 0 Å². The molecule has 3 heterocycles. The van der Waals surface area contributed by atoms with Gasteiger partial charge in [-0.25, -0.2) is 4.98 Å². The van der Waals surface area contributed by atoms with Crippen LogP contribution in [0.3, 0.4) is 0 Å². The van der Waals surface area contributed by atoms with Crippen LogP contribution in [0.5, 0.6) is 11.5 Å². The summed E-state index contributed by atoms with van der Waals surface area (Å²) in [5.41, 5.74) is 13.5. The first kappa shape index (κ1) is 39.3. The van der Waals surface area contributed by atoms with Crippen molar-refractivity contribution in [2.24, 2.45) is 0 Å². The molecule has 10 rings (SSSR count). The Morgan fingerprint density at radius 2 is 1.15 bits per heavy atom. The van der Waals surface area contributed by atoms with E-state index in [1.165, 1.54) is 22.5 Å². The van der Waals surface area contributed by atoms with Crippen LogP contribution in [0, 0.1) is 13.8 Å². The lowest BCUT2D eigenvalue weighted by Crippen LogP contribution is -2.25. The van der Waals surface area contributed by atoms with Crippen molar-refractivity contribution < 1.29 is 8.85 Å². The molecule has 1 aliphatic rings. The number of hydrogen-bond acceptors (Lipinski definition) is 4. The van der Waals surface area contributed by atoms with Crippen molar-refractivity contribution in [3.63, 3.8) is 0 Å². The van der Waals surface area contributed by atoms with Crippen LogP contribution in [0.1, 0.15) is 92.9 Å². The summed E-state index contributed by atoms with van der Waals surface area (Å²) in [5.74, 6) is 2.10. The number of nitrogens with zero attached hydrogens (tertiary/aromatic N) is 4. The van der Waals surface area contributed by atoms with Crippen LogP contribution in [0.4, 0.5) is 22.7 Å². The van der Waals surface area contributed by atoms with Crippen LogP contribution < -0.4 is 14.5 Å². The van der Waals surface area contributed by atoms with Gasteiger partial charge in [0, 0.05) is 50.0 Å². The fraction of sp³-hybridized carbons (Fsp3) is 0.230. The first-order valence-electron chi connectivity index (χ1n) is 24.5. The standard InChI is InChI=1S/C61H60N4O/c1-40-31-46(61(9,10)43-19-12-11-13-20-43)32-41(2)58(40)42-29-30-62-57(33-42)65-53-24-15-14-23-51(53)52-28-27-50(38-56(52)65)66-49-22-18-21-47(37-49)63-39-64(55-26-17-16-25-54(55)63)48-35-44(59(3,4)5)34-45(36-48)60(6,7)8/h11-38H,39H2,1-10H3/i1D3. The lowest BCUT2D eigenvalue weighted by molar-refractivity contribution is 0.483. The van der Waals surface area contributed by atoms with E-state index in [1.807, 2.05) is 61.5 Å². The van der Waals surface area contributed by atoms with Crippen molar-refractivity contribution in [3.05, 3.63) is 203 Å². The number of anilines is 4. The van der Waals surface area contributed by atoms with Gasteiger partial charge in [-0.15, -0.1) is 0 Å². The van der Waals surface area contributed by atoms with Gasteiger partial charge in [0.05, 0.1) is 22.4 Å². The first-order chi connectivity index (χ1) is 32.8. The molecule has 0 unspecified atom stereocenters. The molecule has 66 heavy (non-hydrogen) atoms. The second-order valence-corrected chi connectivity index (χ2v) is 20.5. The minimum atomic E-state index is -2.35. The molecule has 0 aliphatic carbocycles. The van der Waals surface area contributed by atoms with Crippen LogP contribution in [-0.4, -0.2) is 16.2 Å². The van der Waals surface area contributed by atoms with Gasteiger partial charge in [-0.3, -0.25) is 4.57 Å². The van der Waals surface area contributed by atoms with E-state index in [9.17, 15) is 0 Å². The molecule has 0 amide bonds. The number of ether oxygens (including phenoxy) is 1. The molecule has 5 nitrogen and oxygen atoms in total. The van der Waals surface area contributed by atoms with Crippen molar-refractivity contribution in [1.82, 2.24) is 9.55 Å². The van der Waals surface area contributed by atoms with Gasteiger partial charge < -0.3 is 14.5 Å². The van der Waals surface area contributed by atoms with Crippen molar-refractivity contribution in [2.45, 2.75) is 85.4 Å². The minimum absolute atomic E-state index is 0.00309. The Hall–Kier alpha value is -7.11. The lowest BCUT2D eigenvalue weighted by atomic mass is 9.76. The third-order valence-corrected chi connectivity index (χ3v) is 13.5. The minimum Gasteiger partial charge on any atom is -0.457 e. The van der Waals surface area contributed by atoms with E-state index in [4.69, 9.17) is 13.8 Å². The normalized spacial score (nSPS) is 14.0. The maximum absolute atomic E-state index is 8.77. The summed E-state index contributed by atoms with van der Waals surface area (Å²) >= 11 is 0. The van der Waals surface area contributed by atoms with Gasteiger partial charge in [-0.1, -0.05) is 140 Å². The molecule has 0 spiro atoms. The zero-order chi connectivity index (χ0) is 48.6. The van der Waals surface area contributed by atoms with Gasteiger partial charge in [-0.05, 0) is 136 Å². The highest BCUT2D eigenvalue weighted by atomic mass is 16.5. The molecule has 0 atom stereocenters. The van der Waals surface area contributed by atoms with Crippen LogP contribution in [-0.2, 0) is 16.2 Å². The fourth-order valence-electron chi connectivity index (χ4n) is 9.65. The van der Waals surface area contributed by atoms with Crippen LogP contribution in [0.15, 0.2) is 170 Å². The molecule has 9 aromatic rings. The molecule has 1 aliphatic heterocycles. The highest BCUT2D eigenvalue weighted by Gasteiger charge is 2.31. The number of hydrogen-bond donors (Lipinski definition) is 0. The molecule has 5 heteroatoms. The van der Waals surface area contributed by atoms with E-state index in [-0.39, 0.29) is 10.8 Å². The number of rotatable bonds is 8. The van der Waals surface area contributed by atoms with Crippen molar-refractivity contribution >= 4 is 44.6 Å². The molecule has 330 valence electrons. The van der Waals surface area contributed by atoms with Gasteiger partial charge >= 0.3 is 0 Å². The van der Waals surface area contributed by atoms with Crippen LogP contribution >= 0.6 is 0 Å². The highest BCUT2D eigenvalue weighted by molar-refractivity contribution is 6.09. The Morgan fingerprint density at radius 3 is 1.86 bits per heavy atom. The topological polar surface area (TPSA) is 33.5 Å². The average Bonchev–Trinajstić information content (AvgIpc) is 3.87. The summed E-state index contributed by atoms with van der Waals surface area (Å²) in [5, 5.41) is 2.14. The number of benzene rings is 7. The molecule has 2 aromatic heterocycles. The summed E-state index contributed by atoms with van der Waals surface area (Å²) in [6, 6.07) is 56.8. The van der Waals surface area contributed by atoms with Gasteiger partial charge in [0.1, 0.15) is 24.0 Å². The number of aromatic nitrogens is 2.